The average molecular weight is 1110 g/mol. The van der Waals surface area contributed by atoms with E-state index in [1.54, 1.807) is 57.4 Å². The lowest BCUT2D eigenvalue weighted by molar-refractivity contribution is -0.121. The number of pyridine rings is 1. The summed E-state index contributed by atoms with van der Waals surface area (Å²) in [6, 6.07) is 12.3. The highest BCUT2D eigenvalue weighted by atomic mass is 32.2. The molecular weight excluding hydrogens is 1040 g/mol. The molecule has 22 heteroatoms. The second-order valence-electron chi connectivity index (χ2n) is 23.8. The summed E-state index contributed by atoms with van der Waals surface area (Å²) in [6.07, 6.45) is 7.88. The first-order chi connectivity index (χ1) is 38.1. The molecule has 3 atom stereocenters. The number of H-pyrrole nitrogens is 1. The number of anilines is 4. The number of hydrogen-bond acceptors (Lipinski definition) is 17. The van der Waals surface area contributed by atoms with E-state index in [0.717, 1.165) is 91.9 Å². The first kappa shape index (κ1) is 56.6. The van der Waals surface area contributed by atoms with Gasteiger partial charge in [0.15, 0.2) is 15.7 Å². The maximum atomic E-state index is 14.4. The Morgan fingerprint density at radius 1 is 0.875 bits per heavy atom. The molecule has 4 aromatic heterocycles. The molecule has 20 nitrogen and oxygen atoms in total. The Morgan fingerprint density at radius 2 is 1.65 bits per heavy atom. The summed E-state index contributed by atoms with van der Waals surface area (Å²) in [5, 5.41) is 14.7. The third-order valence-electron chi connectivity index (χ3n) is 16.3. The van der Waals surface area contributed by atoms with Gasteiger partial charge in [0.2, 0.25) is 5.91 Å². The van der Waals surface area contributed by atoms with Crippen molar-refractivity contribution in [2.75, 3.05) is 107 Å². The number of aromatic amines is 1. The van der Waals surface area contributed by atoms with Gasteiger partial charge in [0.25, 0.3) is 5.91 Å². The van der Waals surface area contributed by atoms with Gasteiger partial charge in [-0.3, -0.25) is 34.4 Å². The lowest BCUT2D eigenvalue weighted by atomic mass is 9.91. The third-order valence-corrected chi connectivity index (χ3v) is 18.8. The molecule has 4 aliphatic rings. The monoisotopic (exact) mass is 1110 g/mol. The van der Waals surface area contributed by atoms with Crippen LogP contribution in [-0.2, 0) is 26.5 Å². The Labute approximate surface area is 468 Å². The molecule has 426 valence electrons. The van der Waals surface area contributed by atoms with Crippen molar-refractivity contribution >= 4 is 55.7 Å². The van der Waals surface area contributed by atoms with Crippen LogP contribution in [-0.4, -0.2) is 190 Å². The molecular formula is C58H76FN15O5S. The zero-order valence-corrected chi connectivity index (χ0v) is 48.4. The van der Waals surface area contributed by atoms with Crippen molar-refractivity contribution in [3.63, 3.8) is 0 Å². The highest BCUT2D eigenvalue weighted by Crippen LogP contribution is 2.41. The predicted molar refractivity (Wildman–Crippen MR) is 307 cm³/mol. The number of piperazine rings is 3. The molecule has 2 aromatic carbocycles. The van der Waals surface area contributed by atoms with Gasteiger partial charge in [0, 0.05) is 131 Å². The highest BCUT2D eigenvalue weighted by Gasteiger charge is 2.42. The number of nitrogens with zero attached hydrogens (tertiary/aromatic N) is 12. The van der Waals surface area contributed by atoms with Crippen molar-refractivity contribution < 1.29 is 27.1 Å². The molecule has 80 heavy (non-hydrogen) atoms. The molecule has 10 rings (SSSR count). The first-order valence-corrected chi connectivity index (χ1v) is 29.4. The van der Waals surface area contributed by atoms with Gasteiger partial charge in [-0.15, -0.1) is 0 Å². The Hall–Kier alpha value is -6.72. The standard InChI is InChI=1S/C58H76FN15O5S/c1-37-31-73(34-52(75)74-35-58(8,9)53-48(74)24-42(27-63-53)23-41-11-13-43(59)14-12-41)44(28-60-37)33-71-20-21-72(32-38(71)2)56(76)47-29-62-51(30-61-47)70-18-16-69(17-19-70)15-10-22-79-49-26-46-45(25-50(49)80(77,78)57(5,6)7)55(65-36-64-46)66-54-39(3)40(4)67-68-54/h11-14,24-27,29-30,36-38,44,60H,10,15-23,28,31-35H2,1-9H3,(H2,64,65,66,67,68)/t37-,38-,44-/m1/s1. The van der Waals surface area contributed by atoms with Gasteiger partial charge < -0.3 is 30.1 Å². The normalized spacial score (nSPS) is 20.3. The van der Waals surface area contributed by atoms with Crippen LogP contribution in [0.25, 0.3) is 10.9 Å². The third kappa shape index (κ3) is 12.1. The fourth-order valence-electron chi connectivity index (χ4n) is 11.3. The number of aryl methyl sites for hydroxylation is 1. The number of carbonyl (C=O) groups is 2. The van der Waals surface area contributed by atoms with Crippen LogP contribution in [0.2, 0.25) is 0 Å². The maximum absolute atomic E-state index is 14.4. The van der Waals surface area contributed by atoms with Crippen LogP contribution in [0.15, 0.2) is 72.3 Å². The fraction of sp³-hybridized carbons (Fsp3) is 0.517. The molecule has 0 spiro atoms. The summed E-state index contributed by atoms with van der Waals surface area (Å²) >= 11 is 0. The van der Waals surface area contributed by atoms with Crippen LogP contribution < -0.4 is 25.2 Å². The van der Waals surface area contributed by atoms with Crippen LogP contribution in [0.1, 0.15) is 93.5 Å². The van der Waals surface area contributed by atoms with Crippen LogP contribution >= 0.6 is 0 Å². The van der Waals surface area contributed by atoms with E-state index in [1.165, 1.54) is 18.5 Å². The van der Waals surface area contributed by atoms with Crippen molar-refractivity contribution in [3.05, 3.63) is 107 Å². The van der Waals surface area contributed by atoms with Gasteiger partial charge in [0.05, 0.1) is 47.2 Å². The number of aromatic nitrogens is 7. The first-order valence-electron chi connectivity index (χ1n) is 27.9. The van der Waals surface area contributed by atoms with Gasteiger partial charge in [0.1, 0.15) is 40.1 Å². The van der Waals surface area contributed by atoms with Crippen LogP contribution in [0.4, 0.5) is 27.5 Å². The number of benzene rings is 2. The molecule has 8 heterocycles. The summed E-state index contributed by atoms with van der Waals surface area (Å²) < 4.78 is 46.8. The van der Waals surface area contributed by atoms with E-state index in [0.29, 0.717) is 73.9 Å². The summed E-state index contributed by atoms with van der Waals surface area (Å²) in [6.45, 7) is 26.5. The lowest BCUT2D eigenvalue weighted by Crippen LogP contribution is -2.63. The Bertz CT molecular complexity index is 3330. The molecule has 0 unspecified atom stereocenters. The van der Waals surface area contributed by atoms with Crippen LogP contribution in [0.5, 0.6) is 5.75 Å². The van der Waals surface area contributed by atoms with Crippen LogP contribution in [0.3, 0.4) is 0 Å². The van der Waals surface area contributed by atoms with E-state index in [4.69, 9.17) is 14.7 Å². The van der Waals surface area contributed by atoms with Gasteiger partial charge in [-0.05, 0) is 96.7 Å². The largest absolute Gasteiger partial charge is 0.492 e. The van der Waals surface area contributed by atoms with E-state index in [2.05, 4.69) is 89.1 Å². The number of amides is 2. The molecule has 2 amide bonds. The zero-order valence-electron chi connectivity index (χ0n) is 47.6. The van der Waals surface area contributed by atoms with E-state index in [1.807, 2.05) is 29.8 Å². The summed E-state index contributed by atoms with van der Waals surface area (Å²) in [5.74, 6) is 1.68. The summed E-state index contributed by atoms with van der Waals surface area (Å²) in [4.78, 5) is 64.5. The summed E-state index contributed by atoms with van der Waals surface area (Å²) in [5.41, 5.74) is 6.14. The molecule has 3 fully saturated rings. The Kier molecular flexibility index (Phi) is 16.3. The minimum absolute atomic E-state index is 0.0523. The number of carbonyl (C=O) groups excluding carboxylic acids is 2. The second-order valence-corrected chi connectivity index (χ2v) is 26.4. The van der Waals surface area contributed by atoms with E-state index >= 15 is 0 Å². The number of halogens is 1. The van der Waals surface area contributed by atoms with E-state index in [9.17, 15) is 22.4 Å². The molecule has 3 N–H and O–H groups in total. The number of ether oxygens (including phenoxy) is 1. The topological polar surface area (TPSA) is 214 Å². The second kappa shape index (κ2) is 23.0. The minimum atomic E-state index is -3.83. The molecule has 6 aromatic rings. The fourth-order valence-corrected chi connectivity index (χ4v) is 12.6. The van der Waals surface area contributed by atoms with E-state index < -0.39 is 14.6 Å². The number of nitrogens with one attached hydrogen (secondary N) is 3. The minimum Gasteiger partial charge on any atom is -0.492 e. The molecule has 0 saturated carbocycles. The van der Waals surface area contributed by atoms with Crippen molar-refractivity contribution in [1.29, 1.82) is 0 Å². The zero-order chi connectivity index (χ0) is 56.7. The average Bonchev–Trinajstić information content (AvgIpc) is 3.98. The molecule has 4 aliphatic heterocycles. The Balaban J connectivity index is 0.692. The molecule has 0 radical (unpaired) electrons. The molecule has 0 bridgehead atoms. The number of sulfone groups is 1. The van der Waals surface area contributed by atoms with Gasteiger partial charge in [-0.2, -0.15) is 5.10 Å². The Morgan fingerprint density at radius 3 is 2.35 bits per heavy atom. The smallest absolute Gasteiger partial charge is 0.274 e. The lowest BCUT2D eigenvalue weighted by Gasteiger charge is -2.45. The predicted octanol–water partition coefficient (Wildman–Crippen LogP) is 5.92. The van der Waals surface area contributed by atoms with Crippen LogP contribution in [0, 0.1) is 19.7 Å². The molecule has 3 saturated heterocycles. The molecule has 0 aliphatic carbocycles. The van der Waals surface area contributed by atoms with Gasteiger partial charge in [-0.1, -0.05) is 26.0 Å². The quantitative estimate of drug-likeness (QED) is 0.0959. The summed E-state index contributed by atoms with van der Waals surface area (Å²) in [7, 11) is -3.83. The van der Waals surface area contributed by atoms with Crippen molar-refractivity contribution in [1.82, 2.24) is 60.0 Å². The van der Waals surface area contributed by atoms with Crippen molar-refractivity contribution in [2.45, 2.75) is 108 Å². The number of hydrogen-bond donors (Lipinski definition) is 3. The van der Waals surface area contributed by atoms with Crippen molar-refractivity contribution in [2.24, 2.45) is 0 Å². The number of fused-ring (bicyclic) bond motifs is 2. The van der Waals surface area contributed by atoms with E-state index in [-0.39, 0.29) is 58.4 Å². The van der Waals surface area contributed by atoms with Crippen molar-refractivity contribution in [3.8, 4) is 5.75 Å². The van der Waals surface area contributed by atoms with Gasteiger partial charge in [-0.25, -0.2) is 32.7 Å². The maximum Gasteiger partial charge on any atom is 0.274 e. The van der Waals surface area contributed by atoms with Gasteiger partial charge >= 0.3 is 0 Å². The number of rotatable bonds is 16. The highest BCUT2D eigenvalue weighted by molar-refractivity contribution is 7.92. The SMILES string of the molecule is Cc1[nH]nc(Nc2ncnc3cc(OCCCN4CCN(c5cnc(C(=O)N6CCN(C[C@H]7CN[C@H](C)CN7CC(=O)N7CC(C)(C)c8ncc(Cc9ccc(F)cc9)cc87)[C@H](C)C6)cn5)CC4)c(S(=O)(=O)C(C)(C)C)cc23)c1C.